The van der Waals surface area contributed by atoms with Gasteiger partial charge in [0.25, 0.3) is 5.91 Å². The van der Waals surface area contributed by atoms with Crippen LogP contribution in [0.5, 0.6) is 0 Å². The van der Waals surface area contributed by atoms with E-state index in [-0.39, 0.29) is 35.3 Å². The lowest BCUT2D eigenvalue weighted by Crippen LogP contribution is -2.54. The minimum atomic E-state index is -0.982. The zero-order valence-corrected chi connectivity index (χ0v) is 20.4. The second kappa shape index (κ2) is 10.3. The van der Waals surface area contributed by atoms with Crippen molar-refractivity contribution in [3.63, 3.8) is 0 Å². The Bertz CT molecular complexity index is 1240. The molecule has 35 heavy (non-hydrogen) atoms. The SMILES string of the molecule is CNC(=O)CC1CC(c2ccc(F)c(F)c2)C(NC(=O)c2cc(-c3c(Cl)cnn3C)c(Cl)o2)CN1. The molecule has 3 heterocycles. The molecule has 2 amide bonds. The third-order valence-corrected chi connectivity index (χ3v) is 6.67. The van der Waals surface area contributed by atoms with Crippen LogP contribution < -0.4 is 16.0 Å². The fourth-order valence-corrected chi connectivity index (χ4v) is 4.82. The molecule has 3 unspecified atom stereocenters. The Morgan fingerprint density at radius 1 is 1.26 bits per heavy atom. The molecule has 0 radical (unpaired) electrons. The van der Waals surface area contributed by atoms with E-state index in [4.69, 9.17) is 27.6 Å². The maximum atomic E-state index is 14.0. The van der Waals surface area contributed by atoms with Gasteiger partial charge in [-0.2, -0.15) is 5.10 Å². The standard InChI is InChI=1S/C23H23Cl2F2N5O3/c1-28-20(33)7-12-6-13(11-3-4-16(26)17(27)5-11)18(10-29-12)31-23(34)19-8-14(22(25)35-19)21-15(24)9-30-32(21)2/h3-5,8-9,12-13,18,29H,6-7,10H2,1-2H3,(H,28,33)(H,31,34). The zero-order chi connectivity index (χ0) is 25.3. The summed E-state index contributed by atoms with van der Waals surface area (Å²) in [6, 6.07) is 4.41. The number of carbonyl (C=O) groups excluding carboxylic acids is 2. The van der Waals surface area contributed by atoms with Crippen LogP contribution in [0.15, 0.2) is 34.9 Å². The molecule has 3 atom stereocenters. The first kappa shape index (κ1) is 25.2. The predicted molar refractivity (Wildman–Crippen MR) is 126 cm³/mol. The Morgan fingerprint density at radius 2 is 2.03 bits per heavy atom. The first-order valence-corrected chi connectivity index (χ1v) is 11.6. The van der Waals surface area contributed by atoms with E-state index in [0.29, 0.717) is 34.8 Å². The smallest absolute Gasteiger partial charge is 0.287 e. The Balaban J connectivity index is 1.57. The number of furan rings is 1. The van der Waals surface area contributed by atoms with Crippen LogP contribution in [0.2, 0.25) is 10.2 Å². The first-order valence-electron chi connectivity index (χ1n) is 10.8. The highest BCUT2D eigenvalue weighted by molar-refractivity contribution is 6.35. The minimum absolute atomic E-state index is 0.0229. The van der Waals surface area contributed by atoms with Gasteiger partial charge in [0.15, 0.2) is 17.4 Å². The zero-order valence-electron chi connectivity index (χ0n) is 18.9. The number of amides is 2. The summed E-state index contributed by atoms with van der Waals surface area (Å²) in [6.45, 7) is 0.298. The Kier molecular flexibility index (Phi) is 7.44. The van der Waals surface area contributed by atoms with E-state index in [1.807, 2.05) is 0 Å². The largest absolute Gasteiger partial charge is 0.439 e. The van der Waals surface area contributed by atoms with Gasteiger partial charge in [-0.25, -0.2) is 8.78 Å². The van der Waals surface area contributed by atoms with Gasteiger partial charge in [0.2, 0.25) is 11.1 Å². The van der Waals surface area contributed by atoms with E-state index in [1.54, 1.807) is 14.1 Å². The van der Waals surface area contributed by atoms with Crippen LogP contribution in [-0.4, -0.2) is 47.3 Å². The molecular formula is C23H23Cl2F2N5O3. The predicted octanol–water partition coefficient (Wildman–Crippen LogP) is 3.65. The van der Waals surface area contributed by atoms with Crippen molar-refractivity contribution in [1.29, 1.82) is 0 Å². The van der Waals surface area contributed by atoms with Crippen LogP contribution >= 0.6 is 23.2 Å². The molecule has 1 fully saturated rings. The van der Waals surface area contributed by atoms with Gasteiger partial charge in [-0.05, 0) is 35.7 Å². The average molecular weight is 526 g/mol. The van der Waals surface area contributed by atoms with Crippen molar-refractivity contribution >= 4 is 35.0 Å². The van der Waals surface area contributed by atoms with Gasteiger partial charge in [0.05, 0.1) is 22.5 Å². The Hall–Kier alpha value is -2.95. The van der Waals surface area contributed by atoms with Gasteiger partial charge in [-0.1, -0.05) is 17.7 Å². The second-order valence-electron chi connectivity index (χ2n) is 8.34. The summed E-state index contributed by atoms with van der Waals surface area (Å²) in [6.07, 6.45) is 2.08. The number of carbonyl (C=O) groups is 2. The van der Waals surface area contributed by atoms with Gasteiger partial charge < -0.3 is 20.4 Å². The molecule has 1 aliphatic heterocycles. The highest BCUT2D eigenvalue weighted by Crippen LogP contribution is 2.36. The molecule has 1 aliphatic rings. The molecule has 1 saturated heterocycles. The van der Waals surface area contributed by atoms with E-state index in [1.165, 1.54) is 23.0 Å². The van der Waals surface area contributed by atoms with Gasteiger partial charge >= 0.3 is 0 Å². The molecule has 1 aromatic carbocycles. The van der Waals surface area contributed by atoms with Crippen LogP contribution in [0, 0.1) is 11.6 Å². The van der Waals surface area contributed by atoms with Crippen molar-refractivity contribution in [2.75, 3.05) is 13.6 Å². The quantitative estimate of drug-likeness (QED) is 0.456. The number of rotatable bonds is 6. The summed E-state index contributed by atoms with van der Waals surface area (Å²) in [5.41, 5.74) is 1.42. The normalized spacial score (nSPS) is 20.0. The van der Waals surface area contributed by atoms with Gasteiger partial charge in [-0.3, -0.25) is 14.3 Å². The summed E-state index contributed by atoms with van der Waals surface area (Å²) < 4.78 is 34.6. The summed E-state index contributed by atoms with van der Waals surface area (Å²) >= 11 is 12.4. The summed E-state index contributed by atoms with van der Waals surface area (Å²) in [5.74, 6) is -3.07. The maximum Gasteiger partial charge on any atom is 0.287 e. The van der Waals surface area contributed by atoms with Gasteiger partial charge in [0, 0.05) is 51.1 Å². The number of aromatic nitrogens is 2. The van der Waals surface area contributed by atoms with Crippen molar-refractivity contribution < 1.29 is 22.8 Å². The highest BCUT2D eigenvalue weighted by Gasteiger charge is 2.34. The van der Waals surface area contributed by atoms with E-state index >= 15 is 0 Å². The van der Waals surface area contributed by atoms with Crippen LogP contribution in [0.1, 0.15) is 34.9 Å². The van der Waals surface area contributed by atoms with Crippen molar-refractivity contribution in [1.82, 2.24) is 25.7 Å². The molecule has 0 aliphatic carbocycles. The van der Waals surface area contributed by atoms with Crippen molar-refractivity contribution in [2.24, 2.45) is 7.05 Å². The molecule has 12 heteroatoms. The number of halogens is 4. The Morgan fingerprint density at radius 3 is 2.69 bits per heavy atom. The fraction of sp³-hybridized carbons (Fsp3) is 0.348. The third kappa shape index (κ3) is 5.34. The minimum Gasteiger partial charge on any atom is -0.439 e. The van der Waals surface area contributed by atoms with Gasteiger partial charge in [-0.15, -0.1) is 0 Å². The lowest BCUT2D eigenvalue weighted by Gasteiger charge is -2.37. The Labute approximate surface area is 210 Å². The average Bonchev–Trinajstić information content (AvgIpc) is 3.37. The monoisotopic (exact) mass is 525 g/mol. The number of aryl methyl sites for hydroxylation is 1. The molecule has 0 spiro atoms. The lowest BCUT2D eigenvalue weighted by atomic mass is 9.81. The van der Waals surface area contributed by atoms with Crippen LogP contribution in [0.25, 0.3) is 11.3 Å². The number of nitrogens with one attached hydrogen (secondary N) is 3. The summed E-state index contributed by atoms with van der Waals surface area (Å²) in [4.78, 5) is 25.0. The molecule has 8 nitrogen and oxygen atoms in total. The van der Waals surface area contributed by atoms with Crippen molar-refractivity contribution in [2.45, 2.75) is 30.8 Å². The molecule has 3 aromatic rings. The van der Waals surface area contributed by atoms with Crippen molar-refractivity contribution in [3.05, 3.63) is 63.7 Å². The lowest BCUT2D eigenvalue weighted by molar-refractivity contribution is -0.121. The van der Waals surface area contributed by atoms with Crippen LogP contribution in [-0.2, 0) is 11.8 Å². The topological polar surface area (TPSA) is 101 Å². The van der Waals surface area contributed by atoms with Gasteiger partial charge in [0.1, 0.15) is 0 Å². The molecule has 4 rings (SSSR count). The molecule has 186 valence electrons. The van der Waals surface area contributed by atoms with E-state index in [9.17, 15) is 18.4 Å². The van der Waals surface area contributed by atoms with Crippen molar-refractivity contribution in [3.8, 4) is 11.3 Å². The number of piperidine rings is 1. The number of hydrogen-bond donors (Lipinski definition) is 3. The first-order chi connectivity index (χ1) is 16.7. The molecule has 0 saturated carbocycles. The maximum absolute atomic E-state index is 14.0. The number of nitrogens with zero attached hydrogens (tertiary/aromatic N) is 2. The third-order valence-electron chi connectivity index (χ3n) is 6.11. The molecule has 0 bridgehead atoms. The van der Waals surface area contributed by atoms with E-state index in [2.05, 4.69) is 21.0 Å². The summed E-state index contributed by atoms with van der Waals surface area (Å²) in [7, 11) is 3.22. The van der Waals surface area contributed by atoms with E-state index < -0.39 is 23.6 Å². The molecule has 3 N–H and O–H groups in total. The highest BCUT2D eigenvalue weighted by atomic mass is 35.5. The van der Waals surface area contributed by atoms with E-state index in [0.717, 1.165) is 12.1 Å². The fourth-order valence-electron chi connectivity index (χ4n) is 4.33. The summed E-state index contributed by atoms with van der Waals surface area (Å²) in [5, 5.41) is 13.1. The van der Waals surface area contributed by atoms with Crippen LogP contribution in [0.4, 0.5) is 8.78 Å². The molecular weight excluding hydrogens is 503 g/mol. The second-order valence-corrected chi connectivity index (χ2v) is 9.09. The van der Waals surface area contributed by atoms with Crippen LogP contribution in [0.3, 0.4) is 0 Å². The molecule has 2 aromatic heterocycles. The number of benzene rings is 1. The number of hydrogen-bond acceptors (Lipinski definition) is 5.